The van der Waals surface area contributed by atoms with Gasteiger partial charge in [-0.3, -0.25) is 14.3 Å². The Hall–Kier alpha value is -3.59. The first-order valence-electron chi connectivity index (χ1n) is 13.4. The number of benzene rings is 2. The van der Waals surface area contributed by atoms with Crippen LogP contribution in [0.3, 0.4) is 0 Å². The lowest BCUT2D eigenvalue weighted by Gasteiger charge is -2.56. The van der Waals surface area contributed by atoms with Crippen LogP contribution in [0.4, 0.5) is 0 Å². The molecule has 1 aromatic heterocycles. The van der Waals surface area contributed by atoms with Crippen LogP contribution in [0, 0.1) is 23.2 Å². The Bertz CT molecular complexity index is 1420. The number of carbonyl (C=O) groups excluding carboxylic acids is 1. The number of aliphatic carboxylic acids is 1. The molecule has 1 spiro atoms. The van der Waals surface area contributed by atoms with Crippen molar-refractivity contribution < 1.29 is 14.7 Å². The van der Waals surface area contributed by atoms with E-state index in [1.165, 1.54) is 24.8 Å². The zero-order valence-corrected chi connectivity index (χ0v) is 21.5. The second-order valence-electron chi connectivity index (χ2n) is 11.4. The maximum absolute atomic E-state index is 13.5. The summed E-state index contributed by atoms with van der Waals surface area (Å²) < 4.78 is 1.95. The fourth-order valence-corrected chi connectivity index (χ4v) is 6.66. The van der Waals surface area contributed by atoms with Gasteiger partial charge in [-0.25, -0.2) is 0 Å². The van der Waals surface area contributed by atoms with Gasteiger partial charge >= 0.3 is 5.97 Å². The number of fused-ring (bicyclic) bond motifs is 1. The van der Waals surface area contributed by atoms with E-state index in [-0.39, 0.29) is 29.3 Å². The fraction of sp³-hybridized carbons (Fsp3) is 0.452. The predicted molar refractivity (Wildman–Crippen MR) is 142 cm³/mol. The predicted octanol–water partition coefficient (Wildman–Crippen LogP) is 5.66. The Kier molecular flexibility index (Phi) is 5.82. The van der Waals surface area contributed by atoms with Crippen molar-refractivity contribution in [3.63, 3.8) is 0 Å². The van der Waals surface area contributed by atoms with Gasteiger partial charge in [0.1, 0.15) is 0 Å². The van der Waals surface area contributed by atoms with Crippen LogP contribution < -0.4 is 5.32 Å². The summed E-state index contributed by atoms with van der Waals surface area (Å²) in [4.78, 5) is 24.7. The van der Waals surface area contributed by atoms with Crippen LogP contribution in [0.5, 0.6) is 0 Å². The molecule has 0 aliphatic heterocycles. The highest BCUT2D eigenvalue weighted by Gasteiger charge is 2.55. The van der Waals surface area contributed by atoms with Crippen molar-refractivity contribution in [2.75, 3.05) is 0 Å². The van der Waals surface area contributed by atoms with Gasteiger partial charge in [0.05, 0.1) is 29.2 Å². The van der Waals surface area contributed by atoms with Crippen molar-refractivity contribution in [1.82, 2.24) is 15.1 Å². The number of hydrogen-bond acceptors (Lipinski definition) is 3. The van der Waals surface area contributed by atoms with Gasteiger partial charge in [0.2, 0.25) is 0 Å². The highest BCUT2D eigenvalue weighted by Crippen LogP contribution is 2.58. The van der Waals surface area contributed by atoms with E-state index in [2.05, 4.69) is 48.3 Å². The van der Waals surface area contributed by atoms with E-state index in [0.29, 0.717) is 11.5 Å². The van der Waals surface area contributed by atoms with E-state index in [1.807, 2.05) is 29.9 Å². The van der Waals surface area contributed by atoms with Crippen molar-refractivity contribution in [2.24, 2.45) is 11.3 Å². The number of aromatic nitrogens is 2. The molecule has 0 bridgehead atoms. The van der Waals surface area contributed by atoms with Gasteiger partial charge in [-0.05, 0) is 87.0 Å². The third kappa shape index (κ3) is 4.11. The van der Waals surface area contributed by atoms with Gasteiger partial charge in [-0.2, -0.15) is 5.10 Å². The number of nitrogens with one attached hydrogen (secondary N) is 1. The monoisotopic (exact) mass is 495 g/mol. The third-order valence-corrected chi connectivity index (χ3v) is 9.03. The van der Waals surface area contributed by atoms with Gasteiger partial charge in [0, 0.05) is 17.0 Å². The van der Waals surface area contributed by atoms with Crippen LogP contribution in [0.1, 0.15) is 97.8 Å². The van der Waals surface area contributed by atoms with Crippen LogP contribution in [0.25, 0.3) is 10.9 Å². The van der Waals surface area contributed by atoms with E-state index in [1.54, 1.807) is 0 Å². The zero-order chi connectivity index (χ0) is 25.7. The van der Waals surface area contributed by atoms with E-state index in [4.69, 9.17) is 5.10 Å². The molecule has 3 saturated carbocycles. The number of hydrogen-bond donors (Lipinski definition) is 2. The number of carboxylic acid groups (broad SMARTS) is 1. The average Bonchev–Trinajstić information content (AvgIpc) is 3.24. The number of nitrogens with zero attached hydrogens (tertiary/aromatic N) is 2. The minimum Gasteiger partial charge on any atom is -0.481 e. The third-order valence-electron chi connectivity index (χ3n) is 9.03. The molecular formula is C31H33N3O3. The van der Waals surface area contributed by atoms with E-state index < -0.39 is 5.97 Å². The first kappa shape index (κ1) is 23.8. The molecule has 0 radical (unpaired) electrons. The Morgan fingerprint density at radius 1 is 1.11 bits per heavy atom. The molecule has 3 aromatic rings. The first-order valence-corrected chi connectivity index (χ1v) is 13.4. The Balaban J connectivity index is 1.26. The van der Waals surface area contributed by atoms with E-state index >= 15 is 0 Å². The molecule has 1 atom stereocenters. The second kappa shape index (κ2) is 9.06. The molecule has 0 saturated heterocycles. The molecule has 6 nitrogen and oxygen atoms in total. The number of carbonyl (C=O) groups is 2. The zero-order valence-electron chi connectivity index (χ0n) is 21.5. The summed E-state index contributed by atoms with van der Waals surface area (Å²) >= 11 is 0. The normalized spacial score (nSPS) is 25.4. The maximum Gasteiger partial charge on any atom is 0.306 e. The van der Waals surface area contributed by atoms with Crippen LogP contribution in [0.2, 0.25) is 0 Å². The molecule has 6 heteroatoms. The summed E-state index contributed by atoms with van der Waals surface area (Å²) in [6.07, 6.45) is 8.87. The molecule has 3 aliphatic rings. The van der Waals surface area contributed by atoms with E-state index in [0.717, 1.165) is 47.7 Å². The van der Waals surface area contributed by atoms with Crippen LogP contribution in [-0.2, 0) is 4.79 Å². The lowest BCUT2D eigenvalue weighted by molar-refractivity contribution is -0.155. The summed E-state index contributed by atoms with van der Waals surface area (Å²) in [5.41, 5.74) is 4.95. The van der Waals surface area contributed by atoms with Crippen LogP contribution >= 0.6 is 0 Å². The highest BCUT2D eigenvalue weighted by molar-refractivity contribution is 6.07. The Morgan fingerprint density at radius 2 is 1.84 bits per heavy atom. The SMILES string of the molecule is CC#Cc1ccc(C(=O)NC2CC3(C2)CC(C(=O)O)C3)c2c1cnn2C(C)c1ccc(C2CCC2)cc1. The van der Waals surface area contributed by atoms with Crippen molar-refractivity contribution >= 4 is 22.8 Å². The standard InChI is InChI=1S/C31H33N3O3/c1-3-5-23-12-13-26(29(35)33-25-16-31(17-25)14-24(15-31)30(36)37)28-27(23)18-32-34(28)19(2)20-8-10-22(11-9-20)21-6-4-7-21/h8-13,18-19,21,24-25H,4,6-7,14-17H2,1-2H3,(H,33,35)(H,36,37). The minimum absolute atomic E-state index is 0.0424. The summed E-state index contributed by atoms with van der Waals surface area (Å²) in [5.74, 6) is 5.81. The van der Waals surface area contributed by atoms with Gasteiger partial charge in [-0.1, -0.05) is 36.6 Å². The molecule has 2 N–H and O–H groups in total. The number of rotatable bonds is 6. The first-order chi connectivity index (χ1) is 17.9. The lowest BCUT2D eigenvalue weighted by atomic mass is 9.50. The molecule has 3 fully saturated rings. The van der Waals surface area contributed by atoms with E-state index in [9.17, 15) is 14.7 Å². The largest absolute Gasteiger partial charge is 0.481 e. The van der Waals surface area contributed by atoms with Gasteiger partial charge in [0.15, 0.2) is 0 Å². The minimum atomic E-state index is -0.698. The molecule has 190 valence electrons. The van der Waals surface area contributed by atoms with Crippen molar-refractivity contribution in [3.8, 4) is 11.8 Å². The molecule has 37 heavy (non-hydrogen) atoms. The molecular weight excluding hydrogens is 462 g/mol. The van der Waals surface area contributed by atoms with Crippen molar-refractivity contribution in [3.05, 3.63) is 64.8 Å². The molecule has 1 heterocycles. The van der Waals surface area contributed by atoms with Gasteiger partial charge in [0.25, 0.3) is 5.91 Å². The van der Waals surface area contributed by atoms with Crippen LogP contribution in [-0.4, -0.2) is 32.8 Å². The summed E-state index contributed by atoms with van der Waals surface area (Å²) in [6, 6.07) is 12.7. The molecule has 3 aliphatic carbocycles. The summed E-state index contributed by atoms with van der Waals surface area (Å²) in [7, 11) is 0. The fourth-order valence-electron chi connectivity index (χ4n) is 6.66. The topological polar surface area (TPSA) is 84.2 Å². The molecule has 6 rings (SSSR count). The Labute approximate surface area is 217 Å². The lowest BCUT2D eigenvalue weighted by Crippen LogP contribution is -2.57. The molecule has 1 amide bonds. The highest BCUT2D eigenvalue weighted by atomic mass is 16.4. The number of amides is 1. The quantitative estimate of drug-likeness (QED) is 0.433. The van der Waals surface area contributed by atoms with Gasteiger partial charge < -0.3 is 10.4 Å². The summed E-state index contributed by atoms with van der Waals surface area (Å²) in [6.45, 7) is 3.93. The average molecular weight is 496 g/mol. The van der Waals surface area contributed by atoms with Gasteiger partial charge in [-0.15, -0.1) is 5.92 Å². The smallest absolute Gasteiger partial charge is 0.306 e. The Morgan fingerprint density at radius 3 is 2.46 bits per heavy atom. The van der Waals surface area contributed by atoms with Crippen molar-refractivity contribution in [2.45, 2.75) is 76.8 Å². The second-order valence-corrected chi connectivity index (χ2v) is 11.4. The maximum atomic E-state index is 13.5. The molecule has 2 aromatic carbocycles. The number of carboxylic acids is 1. The summed E-state index contributed by atoms with van der Waals surface area (Å²) in [5, 5.41) is 18.0. The molecule has 1 unspecified atom stereocenters. The van der Waals surface area contributed by atoms with Crippen molar-refractivity contribution in [1.29, 1.82) is 0 Å². The van der Waals surface area contributed by atoms with Crippen LogP contribution in [0.15, 0.2) is 42.6 Å².